The molecule has 80 valence electrons. The normalized spacial score (nSPS) is 15.8. The van der Waals surface area contributed by atoms with Crippen LogP contribution in [0.3, 0.4) is 0 Å². The molecule has 2 nitrogen and oxygen atoms in total. The summed E-state index contributed by atoms with van der Waals surface area (Å²) in [5.41, 5.74) is 2.93. The highest BCUT2D eigenvalue weighted by atomic mass is 32.1. The van der Waals surface area contributed by atoms with Crippen LogP contribution in [0.2, 0.25) is 0 Å². The van der Waals surface area contributed by atoms with E-state index in [0.29, 0.717) is 17.9 Å². The molecule has 2 unspecified atom stereocenters. The van der Waals surface area contributed by atoms with Crippen molar-refractivity contribution >= 4 is 11.3 Å². The van der Waals surface area contributed by atoms with E-state index >= 15 is 0 Å². The molecule has 0 bridgehead atoms. The average molecular weight is 212 g/mol. The zero-order valence-electron chi connectivity index (χ0n) is 9.16. The van der Waals surface area contributed by atoms with E-state index in [2.05, 4.69) is 43.7 Å². The average Bonchev–Trinajstić information content (AvgIpc) is 2.65. The van der Waals surface area contributed by atoms with Crippen LogP contribution in [0.5, 0.6) is 0 Å². The van der Waals surface area contributed by atoms with Crippen molar-refractivity contribution in [2.75, 3.05) is 0 Å². The van der Waals surface area contributed by atoms with Gasteiger partial charge < -0.3 is 0 Å². The van der Waals surface area contributed by atoms with Gasteiger partial charge in [0.2, 0.25) is 0 Å². The highest BCUT2D eigenvalue weighted by Crippen LogP contribution is 2.19. The molecule has 0 aromatic carbocycles. The van der Waals surface area contributed by atoms with Gasteiger partial charge in [-0.2, -0.15) is 0 Å². The van der Waals surface area contributed by atoms with Crippen LogP contribution in [-0.2, 0) is 6.42 Å². The van der Waals surface area contributed by atoms with Gasteiger partial charge in [0.05, 0.1) is 0 Å². The van der Waals surface area contributed by atoms with E-state index in [4.69, 9.17) is 5.84 Å². The van der Waals surface area contributed by atoms with Gasteiger partial charge in [0, 0.05) is 10.9 Å². The van der Waals surface area contributed by atoms with Gasteiger partial charge in [0.1, 0.15) is 0 Å². The van der Waals surface area contributed by atoms with Crippen molar-refractivity contribution in [2.24, 2.45) is 17.7 Å². The van der Waals surface area contributed by atoms with Crippen LogP contribution < -0.4 is 11.3 Å². The number of nitrogens with one attached hydrogen (secondary N) is 1. The number of hydrogen-bond acceptors (Lipinski definition) is 3. The Labute approximate surface area is 90.5 Å². The minimum absolute atomic E-state index is 0.383. The lowest BCUT2D eigenvalue weighted by Gasteiger charge is -2.25. The quantitative estimate of drug-likeness (QED) is 0.581. The summed E-state index contributed by atoms with van der Waals surface area (Å²) in [6, 6.07) is 4.64. The van der Waals surface area contributed by atoms with Gasteiger partial charge in [-0.25, -0.2) is 0 Å². The smallest absolute Gasteiger partial charge is 0.0286 e. The molecule has 0 saturated carbocycles. The zero-order chi connectivity index (χ0) is 10.6. The fourth-order valence-corrected chi connectivity index (χ4v) is 2.27. The molecule has 1 rings (SSSR count). The molecule has 3 heteroatoms. The summed E-state index contributed by atoms with van der Waals surface area (Å²) in [7, 11) is 0. The second-order valence-electron chi connectivity index (χ2n) is 4.16. The number of nitrogens with two attached hydrogens (primary N) is 1. The predicted molar refractivity (Wildman–Crippen MR) is 63.1 cm³/mol. The molecule has 0 aliphatic heterocycles. The third-order valence-electron chi connectivity index (χ3n) is 2.90. The zero-order valence-corrected chi connectivity index (χ0v) is 9.97. The van der Waals surface area contributed by atoms with Crippen molar-refractivity contribution < 1.29 is 0 Å². The van der Waals surface area contributed by atoms with E-state index in [1.165, 1.54) is 4.88 Å². The van der Waals surface area contributed by atoms with Gasteiger partial charge in [-0.05, 0) is 29.7 Å². The number of rotatable bonds is 5. The fraction of sp³-hybridized carbons (Fsp3) is 0.636. The van der Waals surface area contributed by atoms with Gasteiger partial charge >= 0.3 is 0 Å². The molecule has 0 fully saturated rings. The Morgan fingerprint density at radius 1 is 1.43 bits per heavy atom. The van der Waals surface area contributed by atoms with Crippen LogP contribution in [0, 0.1) is 11.8 Å². The SMILES string of the molecule is CC(C)C(C)C(Cc1cccs1)NN. The Balaban J connectivity index is 2.55. The van der Waals surface area contributed by atoms with Gasteiger partial charge in [-0.15, -0.1) is 11.3 Å². The Kier molecular flexibility index (Phi) is 4.58. The summed E-state index contributed by atoms with van der Waals surface area (Å²) >= 11 is 1.80. The summed E-state index contributed by atoms with van der Waals surface area (Å²) in [6.45, 7) is 6.73. The van der Waals surface area contributed by atoms with Crippen LogP contribution in [0.15, 0.2) is 17.5 Å². The summed E-state index contributed by atoms with van der Waals surface area (Å²) in [6.07, 6.45) is 1.04. The number of hydrazine groups is 1. The molecule has 0 radical (unpaired) electrons. The van der Waals surface area contributed by atoms with E-state index in [-0.39, 0.29) is 0 Å². The van der Waals surface area contributed by atoms with E-state index in [9.17, 15) is 0 Å². The minimum Gasteiger partial charge on any atom is -0.271 e. The highest BCUT2D eigenvalue weighted by Gasteiger charge is 2.19. The number of thiophene rings is 1. The molecule has 14 heavy (non-hydrogen) atoms. The van der Waals surface area contributed by atoms with Crippen LogP contribution in [0.1, 0.15) is 25.6 Å². The van der Waals surface area contributed by atoms with Crippen LogP contribution in [0.25, 0.3) is 0 Å². The highest BCUT2D eigenvalue weighted by molar-refractivity contribution is 7.09. The third-order valence-corrected chi connectivity index (χ3v) is 3.80. The summed E-state index contributed by atoms with van der Waals surface area (Å²) in [4.78, 5) is 1.40. The van der Waals surface area contributed by atoms with Crippen LogP contribution in [-0.4, -0.2) is 6.04 Å². The van der Waals surface area contributed by atoms with E-state index in [1.807, 2.05) is 0 Å². The Morgan fingerprint density at radius 2 is 2.14 bits per heavy atom. The summed E-state index contributed by atoms with van der Waals surface area (Å²) < 4.78 is 0. The molecule has 0 aliphatic carbocycles. The van der Waals surface area contributed by atoms with Gasteiger partial charge in [0.15, 0.2) is 0 Å². The van der Waals surface area contributed by atoms with Crippen molar-refractivity contribution in [3.8, 4) is 0 Å². The standard InChI is InChI=1S/C11H20N2S/c1-8(2)9(3)11(13-12)7-10-5-4-6-14-10/h4-6,8-9,11,13H,7,12H2,1-3H3. The topological polar surface area (TPSA) is 38.0 Å². The first-order valence-electron chi connectivity index (χ1n) is 5.13. The summed E-state index contributed by atoms with van der Waals surface area (Å²) in [5.74, 6) is 6.84. The molecule has 1 aromatic rings. The Morgan fingerprint density at radius 3 is 2.57 bits per heavy atom. The molecule has 1 heterocycles. The van der Waals surface area contributed by atoms with Crippen molar-refractivity contribution in [3.05, 3.63) is 22.4 Å². The lowest BCUT2D eigenvalue weighted by atomic mass is 9.88. The summed E-state index contributed by atoms with van der Waals surface area (Å²) in [5, 5.41) is 2.11. The maximum atomic E-state index is 5.58. The van der Waals surface area contributed by atoms with Crippen molar-refractivity contribution in [1.29, 1.82) is 0 Å². The Bertz CT molecular complexity index is 244. The number of hydrogen-bond donors (Lipinski definition) is 2. The maximum absolute atomic E-state index is 5.58. The first-order chi connectivity index (χ1) is 6.65. The monoisotopic (exact) mass is 212 g/mol. The molecule has 0 amide bonds. The van der Waals surface area contributed by atoms with Gasteiger partial charge in [-0.3, -0.25) is 11.3 Å². The Hall–Kier alpha value is -0.380. The first kappa shape index (κ1) is 11.7. The molecule has 1 aromatic heterocycles. The maximum Gasteiger partial charge on any atom is 0.0286 e. The third kappa shape index (κ3) is 3.08. The van der Waals surface area contributed by atoms with Gasteiger partial charge in [0.25, 0.3) is 0 Å². The second-order valence-corrected chi connectivity index (χ2v) is 5.19. The molecule has 3 N–H and O–H groups in total. The van der Waals surface area contributed by atoms with E-state index < -0.39 is 0 Å². The fourth-order valence-electron chi connectivity index (χ4n) is 1.51. The predicted octanol–water partition coefficient (Wildman–Crippen LogP) is 2.41. The van der Waals surface area contributed by atoms with Crippen LogP contribution >= 0.6 is 11.3 Å². The van der Waals surface area contributed by atoms with E-state index in [0.717, 1.165) is 6.42 Å². The molecule has 0 spiro atoms. The molecule has 0 aliphatic rings. The van der Waals surface area contributed by atoms with Crippen LogP contribution in [0.4, 0.5) is 0 Å². The molecule has 0 saturated heterocycles. The van der Waals surface area contributed by atoms with Crippen molar-refractivity contribution in [3.63, 3.8) is 0 Å². The van der Waals surface area contributed by atoms with Crippen molar-refractivity contribution in [1.82, 2.24) is 5.43 Å². The first-order valence-corrected chi connectivity index (χ1v) is 6.01. The minimum atomic E-state index is 0.383. The second kappa shape index (κ2) is 5.49. The van der Waals surface area contributed by atoms with Gasteiger partial charge in [-0.1, -0.05) is 26.8 Å². The molecular weight excluding hydrogens is 192 g/mol. The van der Waals surface area contributed by atoms with Crippen molar-refractivity contribution in [2.45, 2.75) is 33.2 Å². The van der Waals surface area contributed by atoms with E-state index in [1.54, 1.807) is 11.3 Å². The lowest BCUT2D eigenvalue weighted by molar-refractivity contribution is 0.300. The largest absolute Gasteiger partial charge is 0.271 e. The lowest BCUT2D eigenvalue weighted by Crippen LogP contribution is -2.43. The molecular formula is C11H20N2S. The molecule has 2 atom stereocenters.